The molecular weight excluding hydrogens is 176 g/mol. The second kappa shape index (κ2) is 2.94. The lowest BCUT2D eigenvalue weighted by Gasteiger charge is -2.22. The molecule has 0 amide bonds. The van der Waals surface area contributed by atoms with Gasteiger partial charge < -0.3 is 0 Å². The van der Waals surface area contributed by atoms with E-state index in [1.54, 1.807) is 6.20 Å². The first-order valence-electron chi connectivity index (χ1n) is 5.07. The van der Waals surface area contributed by atoms with E-state index >= 15 is 0 Å². The Morgan fingerprint density at radius 2 is 2.14 bits per heavy atom. The predicted molar refractivity (Wildman–Crippen MR) is 54.6 cm³/mol. The van der Waals surface area contributed by atoms with Crippen LogP contribution in [0, 0.1) is 0 Å². The molecule has 0 N–H and O–H groups in total. The van der Waals surface area contributed by atoms with Gasteiger partial charge in [0.2, 0.25) is 0 Å². The van der Waals surface area contributed by atoms with Crippen molar-refractivity contribution in [2.24, 2.45) is 0 Å². The van der Waals surface area contributed by atoms with Crippen LogP contribution in [0.2, 0.25) is 0 Å². The summed E-state index contributed by atoms with van der Waals surface area (Å²) in [6.07, 6.45) is 5.00. The molecule has 0 aliphatic heterocycles. The van der Waals surface area contributed by atoms with Gasteiger partial charge in [-0.05, 0) is 33.6 Å². The highest BCUT2D eigenvalue weighted by Gasteiger charge is 2.32. The zero-order valence-corrected chi connectivity index (χ0v) is 8.95. The number of aldehydes is 1. The molecule has 1 aliphatic carbocycles. The van der Waals surface area contributed by atoms with Crippen molar-refractivity contribution in [1.29, 1.82) is 0 Å². The average Bonchev–Trinajstić information content (AvgIpc) is 2.82. The van der Waals surface area contributed by atoms with Gasteiger partial charge in [-0.25, -0.2) is 0 Å². The third-order valence-corrected chi connectivity index (χ3v) is 2.56. The van der Waals surface area contributed by atoms with Crippen molar-refractivity contribution < 1.29 is 4.79 Å². The van der Waals surface area contributed by atoms with Crippen molar-refractivity contribution >= 4 is 6.29 Å². The Bertz CT molecular complexity index is 356. The molecule has 0 unspecified atom stereocenters. The van der Waals surface area contributed by atoms with Gasteiger partial charge in [0.1, 0.15) is 0 Å². The summed E-state index contributed by atoms with van der Waals surface area (Å²) in [6, 6.07) is 0. The van der Waals surface area contributed by atoms with Crippen LogP contribution in [0.3, 0.4) is 0 Å². The van der Waals surface area contributed by atoms with Gasteiger partial charge in [-0.2, -0.15) is 5.10 Å². The molecule has 14 heavy (non-hydrogen) atoms. The summed E-state index contributed by atoms with van der Waals surface area (Å²) >= 11 is 0. The Labute approximate surface area is 84.1 Å². The fourth-order valence-corrected chi connectivity index (χ4v) is 1.76. The molecule has 0 spiro atoms. The Morgan fingerprint density at radius 3 is 2.57 bits per heavy atom. The molecule has 2 rings (SSSR count). The minimum Gasteiger partial charge on any atom is -0.298 e. The van der Waals surface area contributed by atoms with Crippen LogP contribution >= 0.6 is 0 Å². The Balaban J connectivity index is 2.49. The maximum Gasteiger partial charge on any atom is 0.153 e. The lowest BCUT2D eigenvalue weighted by molar-refractivity contribution is 0.112. The average molecular weight is 192 g/mol. The maximum absolute atomic E-state index is 10.8. The van der Waals surface area contributed by atoms with Gasteiger partial charge >= 0.3 is 0 Å². The normalized spacial score (nSPS) is 17.1. The van der Waals surface area contributed by atoms with Crippen LogP contribution in [-0.2, 0) is 5.54 Å². The summed E-state index contributed by atoms with van der Waals surface area (Å²) in [6.45, 7) is 6.33. The third kappa shape index (κ3) is 1.47. The van der Waals surface area contributed by atoms with Gasteiger partial charge in [0.25, 0.3) is 0 Å². The fourth-order valence-electron chi connectivity index (χ4n) is 1.76. The van der Waals surface area contributed by atoms with E-state index in [1.165, 1.54) is 12.8 Å². The minimum absolute atomic E-state index is 0.0286. The van der Waals surface area contributed by atoms with Crippen LogP contribution in [0.25, 0.3) is 0 Å². The van der Waals surface area contributed by atoms with Crippen LogP contribution in [-0.4, -0.2) is 16.1 Å². The van der Waals surface area contributed by atoms with E-state index in [0.29, 0.717) is 5.92 Å². The second-order valence-electron chi connectivity index (χ2n) is 4.96. The summed E-state index contributed by atoms with van der Waals surface area (Å²) in [5.74, 6) is 0.567. The molecule has 1 aromatic heterocycles. The molecule has 1 heterocycles. The lowest BCUT2D eigenvalue weighted by Crippen LogP contribution is -2.25. The molecule has 0 saturated heterocycles. The fraction of sp³-hybridized carbons (Fsp3) is 0.636. The SMILES string of the molecule is CC(C)(C)n1ncc(C=O)c1C1CC1. The van der Waals surface area contributed by atoms with Gasteiger partial charge in [-0.1, -0.05) is 0 Å². The first-order valence-corrected chi connectivity index (χ1v) is 5.07. The lowest BCUT2D eigenvalue weighted by atomic mass is 10.1. The Kier molecular flexibility index (Phi) is 1.98. The standard InChI is InChI=1S/C11H16N2O/c1-11(2,3)13-10(8-4-5-8)9(7-14)6-12-13/h6-8H,4-5H2,1-3H3. The largest absolute Gasteiger partial charge is 0.298 e. The van der Waals surface area contributed by atoms with E-state index in [2.05, 4.69) is 25.9 Å². The number of rotatable bonds is 2. The predicted octanol–water partition coefficient (Wildman–Crippen LogP) is 2.33. The molecule has 1 fully saturated rings. The van der Waals surface area contributed by atoms with Gasteiger partial charge in [-0.15, -0.1) is 0 Å². The zero-order chi connectivity index (χ0) is 10.3. The van der Waals surface area contributed by atoms with Crippen LogP contribution in [0.1, 0.15) is 55.6 Å². The Hall–Kier alpha value is -1.12. The number of carbonyl (C=O) groups is 1. The van der Waals surface area contributed by atoms with Gasteiger partial charge in [0.15, 0.2) is 6.29 Å². The zero-order valence-electron chi connectivity index (χ0n) is 8.95. The third-order valence-electron chi connectivity index (χ3n) is 2.56. The highest BCUT2D eigenvalue weighted by Crippen LogP contribution is 2.42. The summed E-state index contributed by atoms with van der Waals surface area (Å²) in [7, 11) is 0. The number of hydrogen-bond donors (Lipinski definition) is 0. The quantitative estimate of drug-likeness (QED) is 0.674. The van der Waals surface area contributed by atoms with Crippen LogP contribution in [0.15, 0.2) is 6.20 Å². The summed E-state index contributed by atoms with van der Waals surface area (Å²) < 4.78 is 1.99. The smallest absolute Gasteiger partial charge is 0.153 e. The number of hydrogen-bond acceptors (Lipinski definition) is 2. The van der Waals surface area contributed by atoms with Crippen molar-refractivity contribution in [2.75, 3.05) is 0 Å². The van der Waals surface area contributed by atoms with E-state index in [-0.39, 0.29) is 5.54 Å². The molecule has 3 nitrogen and oxygen atoms in total. The number of carbonyl (C=O) groups excluding carboxylic acids is 1. The van der Waals surface area contributed by atoms with Crippen molar-refractivity contribution in [2.45, 2.75) is 45.1 Å². The first kappa shape index (κ1) is 9.44. The van der Waals surface area contributed by atoms with E-state index in [9.17, 15) is 4.79 Å². The van der Waals surface area contributed by atoms with Crippen molar-refractivity contribution in [3.05, 3.63) is 17.5 Å². The molecule has 3 heteroatoms. The molecule has 0 radical (unpaired) electrons. The van der Waals surface area contributed by atoms with Gasteiger partial charge in [0.05, 0.1) is 23.0 Å². The first-order chi connectivity index (χ1) is 6.54. The molecule has 1 aliphatic rings. The highest BCUT2D eigenvalue weighted by molar-refractivity contribution is 5.76. The molecule has 0 bridgehead atoms. The number of nitrogens with zero attached hydrogens (tertiary/aromatic N) is 2. The molecule has 1 saturated carbocycles. The van der Waals surface area contributed by atoms with E-state index in [4.69, 9.17) is 0 Å². The van der Waals surface area contributed by atoms with Crippen molar-refractivity contribution in [3.8, 4) is 0 Å². The van der Waals surface area contributed by atoms with Crippen molar-refractivity contribution in [1.82, 2.24) is 9.78 Å². The number of aromatic nitrogens is 2. The Morgan fingerprint density at radius 1 is 1.50 bits per heavy atom. The highest BCUT2D eigenvalue weighted by atomic mass is 16.1. The van der Waals surface area contributed by atoms with Gasteiger partial charge in [-0.3, -0.25) is 9.48 Å². The topological polar surface area (TPSA) is 34.9 Å². The maximum atomic E-state index is 10.8. The second-order valence-corrected chi connectivity index (χ2v) is 4.96. The van der Waals surface area contributed by atoms with E-state index in [1.807, 2.05) is 4.68 Å². The van der Waals surface area contributed by atoms with Crippen molar-refractivity contribution in [3.63, 3.8) is 0 Å². The summed E-state index contributed by atoms with van der Waals surface area (Å²) in [4.78, 5) is 10.8. The monoisotopic (exact) mass is 192 g/mol. The van der Waals surface area contributed by atoms with Crippen LogP contribution in [0.4, 0.5) is 0 Å². The van der Waals surface area contributed by atoms with Crippen LogP contribution < -0.4 is 0 Å². The molecule has 0 atom stereocenters. The van der Waals surface area contributed by atoms with Crippen LogP contribution in [0.5, 0.6) is 0 Å². The molecule has 1 aromatic rings. The van der Waals surface area contributed by atoms with Gasteiger partial charge in [0, 0.05) is 5.92 Å². The molecule has 0 aromatic carbocycles. The van der Waals surface area contributed by atoms with E-state index in [0.717, 1.165) is 17.5 Å². The molecular formula is C11H16N2O. The molecule has 76 valence electrons. The summed E-state index contributed by atoms with van der Waals surface area (Å²) in [5.41, 5.74) is 1.87. The minimum atomic E-state index is -0.0286. The van der Waals surface area contributed by atoms with E-state index < -0.39 is 0 Å². The summed E-state index contributed by atoms with van der Waals surface area (Å²) in [5, 5.41) is 4.30.